The van der Waals surface area contributed by atoms with E-state index in [0.29, 0.717) is 13.0 Å². The van der Waals surface area contributed by atoms with Gasteiger partial charge in [0, 0.05) is 19.6 Å². The van der Waals surface area contributed by atoms with Crippen LogP contribution in [0, 0.1) is 0 Å². The van der Waals surface area contributed by atoms with Crippen molar-refractivity contribution in [1.29, 1.82) is 0 Å². The van der Waals surface area contributed by atoms with Gasteiger partial charge < -0.3 is 20.1 Å². The molecule has 8 nitrogen and oxygen atoms in total. The minimum atomic E-state index is -4.27. The lowest BCUT2D eigenvalue weighted by atomic mass is 10.0. The van der Waals surface area contributed by atoms with Crippen LogP contribution in [0.5, 0.6) is 0 Å². The first-order valence-corrected chi connectivity index (χ1v) is 28.0. The summed E-state index contributed by atoms with van der Waals surface area (Å²) in [5, 5.41) is 0. The molecule has 0 aliphatic carbocycles. The minimum absolute atomic E-state index is 0.0897. The fourth-order valence-electron chi connectivity index (χ4n) is 8.12. The summed E-state index contributed by atoms with van der Waals surface area (Å²) in [6.07, 6.45) is 54.3. The maximum atomic E-state index is 12.7. The third kappa shape index (κ3) is 48.5. The van der Waals surface area contributed by atoms with Crippen LogP contribution in [-0.4, -0.2) is 49.9 Å². The molecule has 0 aliphatic rings. The van der Waals surface area contributed by atoms with Crippen molar-refractivity contribution in [2.45, 2.75) is 290 Å². The predicted molar refractivity (Wildman–Crippen MR) is 257 cm³/mol. The zero-order valence-electron chi connectivity index (χ0n) is 40.2. The Kier molecular flexibility index (Phi) is 49.1. The fraction of sp³-hybridized carbons (Fsp3) is 0.980. The van der Waals surface area contributed by atoms with Crippen LogP contribution in [0.3, 0.4) is 0 Å². The summed E-state index contributed by atoms with van der Waals surface area (Å²) in [7, 11) is -4.27. The van der Waals surface area contributed by atoms with Gasteiger partial charge in [-0.15, -0.1) is 0 Å². The van der Waals surface area contributed by atoms with E-state index in [9.17, 15) is 14.3 Å². The van der Waals surface area contributed by atoms with Gasteiger partial charge in [-0.3, -0.25) is 13.8 Å². The zero-order chi connectivity index (χ0) is 43.7. The molecule has 0 radical (unpaired) electrons. The van der Waals surface area contributed by atoms with E-state index in [2.05, 4.69) is 13.8 Å². The molecule has 0 aromatic heterocycles. The highest BCUT2D eigenvalue weighted by atomic mass is 31.2. The van der Waals surface area contributed by atoms with Gasteiger partial charge in [-0.2, -0.15) is 0 Å². The number of phosphoric acid groups is 1. The molecular formula is C51H104NO7P. The first-order chi connectivity index (χ1) is 29.4. The molecule has 3 N–H and O–H groups in total. The number of phosphoric ester groups is 1. The molecule has 0 amide bonds. The number of ether oxygens (including phenoxy) is 2. The Balaban J connectivity index is 3.84. The maximum absolute atomic E-state index is 12.7. The van der Waals surface area contributed by atoms with Gasteiger partial charge in [0.2, 0.25) is 0 Å². The molecule has 0 saturated heterocycles. The molecule has 9 heteroatoms. The summed E-state index contributed by atoms with van der Waals surface area (Å²) in [4.78, 5) is 22.6. The molecule has 0 spiro atoms. The summed E-state index contributed by atoms with van der Waals surface area (Å²) in [6, 6.07) is 0. The van der Waals surface area contributed by atoms with E-state index in [-0.39, 0.29) is 32.3 Å². The topological polar surface area (TPSA) is 117 Å². The lowest BCUT2D eigenvalue weighted by Crippen LogP contribution is -2.28. The van der Waals surface area contributed by atoms with Gasteiger partial charge in [-0.25, -0.2) is 4.57 Å². The Labute approximate surface area is 373 Å². The second kappa shape index (κ2) is 49.5. The fourth-order valence-corrected chi connectivity index (χ4v) is 8.88. The third-order valence-corrected chi connectivity index (χ3v) is 13.0. The molecule has 2 atom stereocenters. The van der Waals surface area contributed by atoms with Crippen molar-refractivity contribution in [3.8, 4) is 0 Å². The molecule has 0 aromatic rings. The third-order valence-electron chi connectivity index (χ3n) is 12.0. The Hall–Kier alpha value is -0.500. The molecule has 0 fully saturated rings. The number of carbonyl (C=O) groups is 1. The van der Waals surface area contributed by atoms with Crippen molar-refractivity contribution in [3.05, 3.63) is 0 Å². The first kappa shape index (κ1) is 59.5. The summed E-state index contributed by atoms with van der Waals surface area (Å²) in [5.74, 6) is -0.320. The van der Waals surface area contributed by atoms with E-state index < -0.39 is 13.9 Å². The second-order valence-corrected chi connectivity index (χ2v) is 19.6. The van der Waals surface area contributed by atoms with Gasteiger partial charge in [0.05, 0.1) is 19.8 Å². The van der Waals surface area contributed by atoms with E-state index in [1.165, 1.54) is 231 Å². The SMILES string of the molecule is CCCCCCCCCCCCCCCCCCCCCCCCCCC(=O)OC(COCCCCCCCCCCCCCCCCCCC)COP(=O)(O)OCCN. The zero-order valence-corrected chi connectivity index (χ0v) is 41.1. The van der Waals surface area contributed by atoms with Gasteiger partial charge in [0.25, 0.3) is 0 Å². The van der Waals surface area contributed by atoms with E-state index in [0.717, 1.165) is 32.1 Å². The van der Waals surface area contributed by atoms with Crippen molar-refractivity contribution in [2.24, 2.45) is 5.73 Å². The molecule has 60 heavy (non-hydrogen) atoms. The monoisotopic (exact) mass is 874 g/mol. The lowest BCUT2D eigenvalue weighted by Gasteiger charge is -2.20. The highest BCUT2D eigenvalue weighted by Gasteiger charge is 2.25. The normalized spacial score (nSPS) is 13.2. The molecule has 0 rings (SSSR count). The Morgan fingerprint density at radius 2 is 0.733 bits per heavy atom. The number of hydrogen-bond acceptors (Lipinski definition) is 7. The van der Waals surface area contributed by atoms with Gasteiger partial charge in [-0.05, 0) is 12.8 Å². The number of hydrogen-bond donors (Lipinski definition) is 2. The van der Waals surface area contributed by atoms with E-state index in [4.69, 9.17) is 24.3 Å². The van der Waals surface area contributed by atoms with Gasteiger partial charge in [0.15, 0.2) is 0 Å². The van der Waals surface area contributed by atoms with Crippen LogP contribution in [0.2, 0.25) is 0 Å². The molecule has 0 saturated carbocycles. The predicted octanol–water partition coefficient (Wildman–Crippen LogP) is 16.4. The van der Waals surface area contributed by atoms with Crippen molar-refractivity contribution >= 4 is 13.8 Å². The van der Waals surface area contributed by atoms with Crippen molar-refractivity contribution < 1.29 is 32.8 Å². The van der Waals surface area contributed by atoms with Crippen LogP contribution in [0.25, 0.3) is 0 Å². The standard InChI is InChI=1S/C51H104NO7P/c1-3-5-7-9-11-13-15-17-19-21-22-23-24-25-26-27-28-30-32-34-36-38-40-42-44-51(53)59-50(49-58-60(54,55)57-47-45-52)48-56-46-43-41-39-37-35-33-31-29-20-18-16-14-12-10-8-6-4-2/h50H,3-49,52H2,1-2H3,(H,54,55). The molecule has 0 bridgehead atoms. The van der Waals surface area contributed by atoms with E-state index in [1.54, 1.807) is 0 Å². The number of carbonyl (C=O) groups excluding carboxylic acids is 1. The molecule has 360 valence electrons. The van der Waals surface area contributed by atoms with Crippen LogP contribution < -0.4 is 5.73 Å². The average Bonchev–Trinajstić information content (AvgIpc) is 3.24. The summed E-state index contributed by atoms with van der Waals surface area (Å²) >= 11 is 0. The smallest absolute Gasteiger partial charge is 0.457 e. The maximum Gasteiger partial charge on any atom is 0.472 e. The highest BCUT2D eigenvalue weighted by Crippen LogP contribution is 2.43. The molecular weight excluding hydrogens is 770 g/mol. The highest BCUT2D eigenvalue weighted by molar-refractivity contribution is 7.47. The summed E-state index contributed by atoms with van der Waals surface area (Å²) in [6.45, 7) is 5.01. The van der Waals surface area contributed by atoms with Gasteiger partial charge in [0.1, 0.15) is 6.10 Å². The number of rotatable bonds is 52. The quantitative estimate of drug-likeness (QED) is 0.0352. The van der Waals surface area contributed by atoms with E-state index in [1.807, 2.05) is 0 Å². The molecule has 0 aliphatic heterocycles. The average molecular weight is 874 g/mol. The van der Waals surface area contributed by atoms with Crippen LogP contribution in [-0.2, 0) is 27.9 Å². The second-order valence-electron chi connectivity index (χ2n) is 18.1. The molecule has 0 aromatic carbocycles. The first-order valence-electron chi connectivity index (χ1n) is 26.5. The van der Waals surface area contributed by atoms with Crippen molar-refractivity contribution in [2.75, 3.05) is 33.0 Å². The number of nitrogens with two attached hydrogens (primary N) is 1. The van der Waals surface area contributed by atoms with Crippen LogP contribution in [0.4, 0.5) is 0 Å². The van der Waals surface area contributed by atoms with Crippen molar-refractivity contribution in [3.63, 3.8) is 0 Å². The summed E-state index contributed by atoms with van der Waals surface area (Å²) in [5.41, 5.74) is 5.39. The van der Waals surface area contributed by atoms with Gasteiger partial charge in [-0.1, -0.05) is 264 Å². The van der Waals surface area contributed by atoms with Crippen LogP contribution in [0.15, 0.2) is 0 Å². The number of esters is 1. The van der Waals surface area contributed by atoms with Crippen LogP contribution in [0.1, 0.15) is 284 Å². The summed E-state index contributed by atoms with van der Waals surface area (Å²) < 4.78 is 33.6. The Morgan fingerprint density at radius 3 is 1.05 bits per heavy atom. The van der Waals surface area contributed by atoms with Crippen LogP contribution >= 0.6 is 7.82 Å². The largest absolute Gasteiger partial charge is 0.472 e. The molecule has 0 heterocycles. The van der Waals surface area contributed by atoms with Crippen molar-refractivity contribution in [1.82, 2.24) is 0 Å². The minimum Gasteiger partial charge on any atom is -0.457 e. The Bertz CT molecular complexity index is 894. The molecule has 2 unspecified atom stereocenters. The van der Waals surface area contributed by atoms with E-state index >= 15 is 0 Å². The number of unbranched alkanes of at least 4 members (excludes halogenated alkanes) is 39. The lowest BCUT2D eigenvalue weighted by molar-refractivity contribution is -0.154. The van der Waals surface area contributed by atoms with Gasteiger partial charge >= 0.3 is 13.8 Å². The Morgan fingerprint density at radius 1 is 0.433 bits per heavy atom.